The van der Waals surface area contributed by atoms with Crippen LogP contribution in [0.1, 0.15) is 15.9 Å². The smallest absolute Gasteiger partial charge is 0.393 e. The van der Waals surface area contributed by atoms with Gasteiger partial charge < -0.3 is 9.84 Å². The zero-order chi connectivity index (χ0) is 12.3. The van der Waals surface area contributed by atoms with E-state index >= 15 is 0 Å². The van der Waals surface area contributed by atoms with Crippen LogP contribution in [0.4, 0.5) is 13.2 Å². The highest BCUT2D eigenvalue weighted by Crippen LogP contribution is 2.26. The van der Waals surface area contributed by atoms with Crippen molar-refractivity contribution < 1.29 is 27.8 Å². The lowest BCUT2D eigenvalue weighted by Gasteiger charge is -2.09. The first-order valence-electron chi connectivity index (χ1n) is 4.30. The summed E-state index contributed by atoms with van der Waals surface area (Å²) in [7, 11) is 1.21. The fourth-order valence-corrected chi connectivity index (χ4v) is 1.25. The van der Waals surface area contributed by atoms with Gasteiger partial charge in [-0.1, -0.05) is 6.07 Å². The Bertz CT molecular complexity index is 399. The summed E-state index contributed by atoms with van der Waals surface area (Å²) >= 11 is 0. The first-order chi connectivity index (χ1) is 7.33. The van der Waals surface area contributed by atoms with Crippen LogP contribution in [0.2, 0.25) is 0 Å². The fourth-order valence-electron chi connectivity index (χ4n) is 1.25. The van der Waals surface area contributed by atoms with Crippen LogP contribution in [-0.2, 0) is 6.42 Å². The third kappa shape index (κ3) is 3.15. The third-order valence-electron chi connectivity index (χ3n) is 1.90. The Kier molecular flexibility index (Phi) is 3.41. The maximum absolute atomic E-state index is 12.1. The van der Waals surface area contributed by atoms with Crippen molar-refractivity contribution in [2.75, 3.05) is 7.11 Å². The van der Waals surface area contributed by atoms with Crippen molar-refractivity contribution in [1.29, 1.82) is 0 Å². The van der Waals surface area contributed by atoms with Crippen LogP contribution in [0, 0.1) is 0 Å². The Morgan fingerprint density at radius 2 is 2.06 bits per heavy atom. The van der Waals surface area contributed by atoms with E-state index in [2.05, 4.69) is 0 Å². The summed E-state index contributed by atoms with van der Waals surface area (Å²) < 4.78 is 41.0. The number of rotatable bonds is 3. The van der Waals surface area contributed by atoms with Gasteiger partial charge in [-0.3, -0.25) is 0 Å². The molecule has 0 unspecified atom stereocenters. The summed E-state index contributed by atoms with van der Waals surface area (Å²) in [6, 6.07) is 3.30. The average Bonchev–Trinajstić information content (AvgIpc) is 2.14. The summed E-state index contributed by atoms with van der Waals surface area (Å²) in [6.45, 7) is 0. The monoisotopic (exact) mass is 234 g/mol. The van der Waals surface area contributed by atoms with Gasteiger partial charge in [0.25, 0.3) is 0 Å². The predicted octanol–water partition coefficient (Wildman–Crippen LogP) is 2.50. The first kappa shape index (κ1) is 12.4. The lowest BCUT2D eigenvalue weighted by Crippen LogP contribution is -2.12. The molecule has 1 N–H and O–H groups in total. The minimum absolute atomic E-state index is 0.0330. The Labute approximate surface area is 89.5 Å². The standard InChI is InChI=1S/C10H9F3O3/c1-16-8-4-6(5-10(11,12)13)2-3-7(8)9(14)15/h2-4H,5H2,1H3,(H,14,15). The highest BCUT2D eigenvalue weighted by atomic mass is 19.4. The van der Waals surface area contributed by atoms with Crippen molar-refractivity contribution >= 4 is 5.97 Å². The van der Waals surface area contributed by atoms with Crippen molar-refractivity contribution in [1.82, 2.24) is 0 Å². The molecule has 3 nitrogen and oxygen atoms in total. The maximum atomic E-state index is 12.1. The van der Waals surface area contributed by atoms with Gasteiger partial charge in [-0.25, -0.2) is 4.79 Å². The van der Waals surface area contributed by atoms with Crippen molar-refractivity contribution in [3.8, 4) is 5.75 Å². The lowest BCUT2D eigenvalue weighted by atomic mass is 10.1. The molecule has 6 heteroatoms. The Hall–Kier alpha value is -1.72. The van der Waals surface area contributed by atoms with Gasteiger partial charge in [-0.05, 0) is 17.7 Å². The highest BCUT2D eigenvalue weighted by molar-refractivity contribution is 5.90. The van der Waals surface area contributed by atoms with E-state index in [1.54, 1.807) is 0 Å². The zero-order valence-electron chi connectivity index (χ0n) is 8.34. The molecule has 0 heterocycles. The maximum Gasteiger partial charge on any atom is 0.393 e. The number of carboxylic acids is 1. The number of hydrogen-bond acceptors (Lipinski definition) is 2. The van der Waals surface area contributed by atoms with Crippen LogP contribution in [0.15, 0.2) is 18.2 Å². The summed E-state index contributed by atoms with van der Waals surface area (Å²) in [5.41, 5.74) is -0.192. The molecule has 88 valence electrons. The molecule has 0 spiro atoms. The fraction of sp³-hybridized carbons (Fsp3) is 0.300. The molecule has 0 radical (unpaired) electrons. The molecule has 1 aromatic carbocycles. The summed E-state index contributed by atoms with van der Waals surface area (Å²) in [5, 5.41) is 8.72. The molecule has 16 heavy (non-hydrogen) atoms. The number of alkyl halides is 3. The number of aromatic carboxylic acids is 1. The number of carboxylic acid groups (broad SMARTS) is 1. The second kappa shape index (κ2) is 4.42. The Balaban J connectivity index is 3.05. The van der Waals surface area contributed by atoms with Gasteiger partial charge in [-0.2, -0.15) is 13.2 Å². The summed E-state index contributed by atoms with van der Waals surface area (Å²) in [4.78, 5) is 10.7. The average molecular weight is 234 g/mol. The zero-order valence-corrected chi connectivity index (χ0v) is 8.34. The van der Waals surface area contributed by atoms with E-state index < -0.39 is 18.6 Å². The number of halogens is 3. The van der Waals surface area contributed by atoms with Crippen molar-refractivity contribution in [2.24, 2.45) is 0 Å². The molecular weight excluding hydrogens is 225 g/mol. The number of hydrogen-bond donors (Lipinski definition) is 1. The molecule has 0 saturated heterocycles. The Morgan fingerprint density at radius 1 is 1.44 bits per heavy atom. The van der Waals surface area contributed by atoms with Crippen LogP contribution in [0.3, 0.4) is 0 Å². The van der Waals surface area contributed by atoms with Crippen LogP contribution >= 0.6 is 0 Å². The quantitative estimate of drug-likeness (QED) is 0.873. The predicted molar refractivity (Wildman–Crippen MR) is 49.7 cm³/mol. The molecule has 1 rings (SSSR count). The summed E-state index contributed by atoms with van der Waals surface area (Å²) in [5.74, 6) is -1.32. The van der Waals surface area contributed by atoms with Gasteiger partial charge in [0.05, 0.1) is 13.5 Å². The van der Waals surface area contributed by atoms with Crippen LogP contribution < -0.4 is 4.74 Å². The lowest BCUT2D eigenvalue weighted by molar-refractivity contribution is -0.127. The third-order valence-corrected chi connectivity index (χ3v) is 1.90. The van der Waals surface area contributed by atoms with E-state index in [1.807, 2.05) is 0 Å². The molecule has 0 aliphatic rings. The van der Waals surface area contributed by atoms with Gasteiger partial charge in [0, 0.05) is 0 Å². The number of carbonyl (C=O) groups is 1. The molecule has 0 amide bonds. The number of benzene rings is 1. The van der Waals surface area contributed by atoms with E-state index in [-0.39, 0.29) is 16.9 Å². The van der Waals surface area contributed by atoms with E-state index in [1.165, 1.54) is 7.11 Å². The van der Waals surface area contributed by atoms with E-state index in [0.717, 1.165) is 18.2 Å². The molecule has 0 aliphatic carbocycles. The van der Waals surface area contributed by atoms with Gasteiger partial charge in [0.2, 0.25) is 0 Å². The summed E-state index contributed by atoms with van der Waals surface area (Å²) in [6.07, 6.45) is -5.43. The SMILES string of the molecule is COc1cc(CC(F)(F)F)ccc1C(=O)O. The van der Waals surface area contributed by atoms with Gasteiger partial charge in [-0.15, -0.1) is 0 Å². The van der Waals surface area contributed by atoms with E-state index in [0.29, 0.717) is 0 Å². The van der Waals surface area contributed by atoms with Crippen LogP contribution in [0.5, 0.6) is 5.75 Å². The topological polar surface area (TPSA) is 46.5 Å². The second-order valence-electron chi connectivity index (χ2n) is 3.13. The highest BCUT2D eigenvalue weighted by Gasteiger charge is 2.28. The van der Waals surface area contributed by atoms with E-state index in [9.17, 15) is 18.0 Å². The molecule has 0 saturated carbocycles. The number of methoxy groups -OCH3 is 1. The van der Waals surface area contributed by atoms with Crippen LogP contribution in [-0.4, -0.2) is 24.4 Å². The van der Waals surface area contributed by atoms with Gasteiger partial charge in [0.1, 0.15) is 11.3 Å². The number of ether oxygens (including phenoxy) is 1. The minimum Gasteiger partial charge on any atom is -0.496 e. The molecule has 0 bridgehead atoms. The van der Waals surface area contributed by atoms with E-state index in [4.69, 9.17) is 9.84 Å². The molecule has 0 aromatic heterocycles. The molecule has 0 fully saturated rings. The second-order valence-corrected chi connectivity index (χ2v) is 3.13. The van der Waals surface area contributed by atoms with Crippen molar-refractivity contribution in [2.45, 2.75) is 12.6 Å². The largest absolute Gasteiger partial charge is 0.496 e. The first-order valence-corrected chi connectivity index (χ1v) is 4.30. The molecule has 1 aromatic rings. The molecule has 0 atom stereocenters. The van der Waals surface area contributed by atoms with Crippen molar-refractivity contribution in [3.63, 3.8) is 0 Å². The Morgan fingerprint density at radius 3 is 2.50 bits per heavy atom. The van der Waals surface area contributed by atoms with Gasteiger partial charge in [0.15, 0.2) is 0 Å². The molecule has 0 aliphatic heterocycles. The van der Waals surface area contributed by atoms with Crippen LogP contribution in [0.25, 0.3) is 0 Å². The normalized spacial score (nSPS) is 11.2. The van der Waals surface area contributed by atoms with Gasteiger partial charge >= 0.3 is 12.1 Å². The van der Waals surface area contributed by atoms with Crippen molar-refractivity contribution in [3.05, 3.63) is 29.3 Å². The molecular formula is C10H9F3O3. The minimum atomic E-state index is -4.32.